The summed E-state index contributed by atoms with van der Waals surface area (Å²) in [6.45, 7) is 11.7. The minimum Gasteiger partial charge on any atom is -0.303 e. The van der Waals surface area contributed by atoms with Crippen LogP contribution in [-0.2, 0) is 9.59 Å². The number of allylic oxidation sites excluding steroid dienone is 2. The summed E-state index contributed by atoms with van der Waals surface area (Å²) >= 11 is 0. The lowest BCUT2D eigenvalue weighted by Gasteiger charge is -2.62. The molecule has 1 unspecified atom stereocenters. The van der Waals surface area contributed by atoms with E-state index in [0.29, 0.717) is 30.0 Å². The van der Waals surface area contributed by atoms with Crippen LogP contribution in [0.5, 0.6) is 0 Å². The molecule has 0 aromatic rings. The summed E-state index contributed by atoms with van der Waals surface area (Å²) in [5.41, 5.74) is 1.90. The third-order valence-electron chi connectivity index (χ3n) is 8.45. The van der Waals surface area contributed by atoms with Gasteiger partial charge in [0, 0.05) is 18.3 Å². The van der Waals surface area contributed by atoms with E-state index in [9.17, 15) is 9.59 Å². The first kappa shape index (κ1) is 18.9. The van der Waals surface area contributed by atoms with Crippen LogP contribution < -0.4 is 0 Å². The van der Waals surface area contributed by atoms with Gasteiger partial charge in [-0.1, -0.05) is 46.3 Å². The Morgan fingerprint density at radius 2 is 1.88 bits per heavy atom. The van der Waals surface area contributed by atoms with Gasteiger partial charge in [0.1, 0.15) is 12.1 Å². The first-order valence-electron chi connectivity index (χ1n) is 10.4. The van der Waals surface area contributed by atoms with Gasteiger partial charge in [0.25, 0.3) is 0 Å². The number of rotatable bonds is 4. The fourth-order valence-corrected chi connectivity index (χ4v) is 7.06. The molecular formula is C23H36O2. The molecule has 0 saturated heterocycles. The molecule has 2 fully saturated rings. The topological polar surface area (TPSA) is 34.1 Å². The van der Waals surface area contributed by atoms with Gasteiger partial charge in [-0.2, -0.15) is 0 Å². The Kier molecular flexibility index (Phi) is 4.79. The van der Waals surface area contributed by atoms with Crippen LogP contribution in [-0.4, -0.2) is 12.1 Å². The van der Waals surface area contributed by atoms with Crippen LogP contribution in [0.25, 0.3) is 0 Å². The number of ketones is 1. The number of aldehydes is 1. The number of carbonyl (C=O) groups excluding carboxylic acids is 2. The summed E-state index contributed by atoms with van der Waals surface area (Å²) in [5.74, 6) is 2.31. The van der Waals surface area contributed by atoms with Crippen molar-refractivity contribution in [2.24, 2.45) is 34.0 Å². The average Bonchev–Trinajstić information content (AvgIpc) is 2.54. The number of Topliss-reactive ketones (excluding diaryl/α,β-unsaturated/α-hetero) is 1. The molecule has 5 atom stereocenters. The van der Waals surface area contributed by atoms with Crippen molar-refractivity contribution in [3.63, 3.8) is 0 Å². The Morgan fingerprint density at radius 1 is 1.16 bits per heavy atom. The molecule has 0 radical (unpaired) electrons. The molecule has 0 aromatic carbocycles. The molecule has 0 bridgehead atoms. The van der Waals surface area contributed by atoms with Crippen LogP contribution in [0, 0.1) is 34.0 Å². The highest BCUT2D eigenvalue weighted by atomic mass is 16.1. The molecule has 2 nitrogen and oxygen atoms in total. The Bertz CT molecular complexity index is 587. The summed E-state index contributed by atoms with van der Waals surface area (Å²) in [6.07, 6.45) is 11.8. The molecule has 140 valence electrons. The molecule has 2 saturated carbocycles. The van der Waals surface area contributed by atoms with Crippen molar-refractivity contribution in [1.29, 1.82) is 0 Å². The molecule has 2 heteroatoms. The second kappa shape index (κ2) is 6.35. The Morgan fingerprint density at radius 3 is 2.56 bits per heavy atom. The standard InChI is InChI=1S/C23H36O2/c1-16-9-10-19-22(4,17(16)8-6-7-15-24)13-11-18-21(2,3)20(25)12-14-23(18,19)5/h10,15-18H,6-9,11-14H2,1-5H3/t16-,17+,18-,22?,23-/m0/s1. The first-order valence-corrected chi connectivity index (χ1v) is 10.4. The predicted molar refractivity (Wildman–Crippen MR) is 102 cm³/mol. The van der Waals surface area contributed by atoms with E-state index in [1.807, 2.05) is 0 Å². The monoisotopic (exact) mass is 344 g/mol. The second-order valence-corrected chi connectivity index (χ2v) is 10.1. The number of fused-ring (bicyclic) bond motifs is 3. The number of hydrogen-bond acceptors (Lipinski definition) is 2. The van der Waals surface area contributed by atoms with Gasteiger partial charge in [-0.05, 0) is 67.1 Å². The maximum atomic E-state index is 12.6. The zero-order chi connectivity index (χ0) is 18.5. The van der Waals surface area contributed by atoms with E-state index < -0.39 is 0 Å². The van der Waals surface area contributed by atoms with Gasteiger partial charge >= 0.3 is 0 Å². The zero-order valence-corrected chi connectivity index (χ0v) is 16.9. The number of carbonyl (C=O) groups is 2. The third kappa shape index (κ3) is 2.75. The van der Waals surface area contributed by atoms with Crippen molar-refractivity contribution < 1.29 is 9.59 Å². The molecule has 0 amide bonds. The maximum absolute atomic E-state index is 12.6. The molecule has 0 N–H and O–H groups in total. The van der Waals surface area contributed by atoms with Crippen LogP contribution in [0.15, 0.2) is 11.6 Å². The summed E-state index contributed by atoms with van der Waals surface area (Å²) in [7, 11) is 0. The lowest BCUT2D eigenvalue weighted by Crippen LogP contribution is -2.56. The molecule has 0 aliphatic heterocycles. The SMILES string of the molecule is C[C@H]1CC=C2C(C)(CC[C@H]3C(C)(C)C(=O)CC[C@]23C)[C@@H]1CCCC=O. The van der Waals surface area contributed by atoms with Gasteiger partial charge in [-0.25, -0.2) is 0 Å². The summed E-state index contributed by atoms with van der Waals surface area (Å²) in [5, 5.41) is 0. The molecule has 0 aromatic heterocycles. The van der Waals surface area contributed by atoms with Crippen LogP contribution in [0.4, 0.5) is 0 Å². The zero-order valence-electron chi connectivity index (χ0n) is 16.9. The van der Waals surface area contributed by atoms with Crippen molar-refractivity contribution in [2.75, 3.05) is 0 Å². The number of unbranched alkanes of at least 4 members (excludes halogenated alkanes) is 1. The molecular weight excluding hydrogens is 308 g/mol. The summed E-state index contributed by atoms with van der Waals surface area (Å²) in [4.78, 5) is 23.4. The van der Waals surface area contributed by atoms with Crippen molar-refractivity contribution in [3.05, 3.63) is 11.6 Å². The maximum Gasteiger partial charge on any atom is 0.138 e. The normalized spacial score (nSPS) is 43.0. The molecule has 3 rings (SSSR count). The van der Waals surface area contributed by atoms with Crippen LogP contribution in [0.2, 0.25) is 0 Å². The first-order chi connectivity index (χ1) is 11.7. The van der Waals surface area contributed by atoms with E-state index in [1.165, 1.54) is 12.8 Å². The van der Waals surface area contributed by atoms with Crippen LogP contribution >= 0.6 is 0 Å². The highest BCUT2D eigenvalue weighted by molar-refractivity contribution is 5.85. The minimum absolute atomic E-state index is 0.174. The van der Waals surface area contributed by atoms with Crippen molar-refractivity contribution in [1.82, 2.24) is 0 Å². The van der Waals surface area contributed by atoms with Crippen molar-refractivity contribution in [3.8, 4) is 0 Å². The highest BCUT2D eigenvalue weighted by Gasteiger charge is 2.60. The van der Waals surface area contributed by atoms with E-state index in [-0.39, 0.29) is 16.2 Å². The molecule has 3 aliphatic carbocycles. The Balaban J connectivity index is 1.96. The van der Waals surface area contributed by atoms with Gasteiger partial charge in [0.15, 0.2) is 0 Å². The van der Waals surface area contributed by atoms with Gasteiger partial charge in [-0.3, -0.25) is 4.79 Å². The van der Waals surface area contributed by atoms with Crippen molar-refractivity contribution in [2.45, 2.75) is 86.0 Å². The lowest BCUT2D eigenvalue weighted by molar-refractivity contribution is -0.142. The molecule has 3 aliphatic rings. The molecule has 0 spiro atoms. The van der Waals surface area contributed by atoms with Gasteiger partial charge in [0.05, 0.1) is 0 Å². The van der Waals surface area contributed by atoms with E-state index in [0.717, 1.165) is 38.4 Å². The largest absolute Gasteiger partial charge is 0.303 e. The lowest BCUT2D eigenvalue weighted by atomic mass is 9.41. The Hall–Kier alpha value is -0.920. The van der Waals surface area contributed by atoms with E-state index in [1.54, 1.807) is 5.57 Å². The number of hydrogen-bond donors (Lipinski definition) is 0. The average molecular weight is 345 g/mol. The van der Waals surface area contributed by atoms with Crippen LogP contribution in [0.1, 0.15) is 86.0 Å². The quantitative estimate of drug-likeness (QED) is 0.370. The minimum atomic E-state index is -0.189. The summed E-state index contributed by atoms with van der Waals surface area (Å²) in [6, 6.07) is 0. The van der Waals surface area contributed by atoms with E-state index >= 15 is 0 Å². The fourth-order valence-electron chi connectivity index (χ4n) is 7.06. The summed E-state index contributed by atoms with van der Waals surface area (Å²) < 4.78 is 0. The molecule has 25 heavy (non-hydrogen) atoms. The van der Waals surface area contributed by atoms with Gasteiger partial charge in [-0.15, -0.1) is 0 Å². The smallest absolute Gasteiger partial charge is 0.138 e. The van der Waals surface area contributed by atoms with E-state index in [2.05, 4.69) is 40.7 Å². The van der Waals surface area contributed by atoms with E-state index in [4.69, 9.17) is 0 Å². The predicted octanol–water partition coefficient (Wildman–Crippen LogP) is 5.75. The van der Waals surface area contributed by atoms with Crippen molar-refractivity contribution >= 4 is 12.1 Å². The second-order valence-electron chi connectivity index (χ2n) is 10.1. The highest BCUT2D eigenvalue weighted by Crippen LogP contribution is 2.67. The third-order valence-corrected chi connectivity index (χ3v) is 8.45. The van der Waals surface area contributed by atoms with Crippen LogP contribution in [0.3, 0.4) is 0 Å². The van der Waals surface area contributed by atoms with Gasteiger partial charge < -0.3 is 4.79 Å². The van der Waals surface area contributed by atoms with Gasteiger partial charge in [0.2, 0.25) is 0 Å². The molecule has 0 heterocycles. The fraction of sp³-hybridized carbons (Fsp3) is 0.826. The Labute approximate surface area is 153 Å².